The number of anilines is 1. The topological polar surface area (TPSA) is 64.5 Å². The van der Waals surface area contributed by atoms with Crippen LogP contribution in [0.5, 0.6) is 0 Å². The van der Waals surface area contributed by atoms with E-state index >= 15 is 0 Å². The van der Waals surface area contributed by atoms with Crippen LogP contribution in [0, 0.1) is 22.5 Å². The molecule has 0 radical (unpaired) electrons. The first-order valence-corrected chi connectivity index (χ1v) is 6.64. The van der Waals surface area contributed by atoms with E-state index in [0.717, 1.165) is 0 Å². The zero-order chi connectivity index (χ0) is 9.68. The molecular formula is C7H5IN4S. The summed E-state index contributed by atoms with van der Waals surface area (Å²) in [6.45, 7) is 0. The molecule has 1 aromatic heterocycles. The number of nitrogens with one attached hydrogen (secondary N) is 2. The summed E-state index contributed by atoms with van der Waals surface area (Å²) in [7, 11) is 3.07. The van der Waals surface area contributed by atoms with Crippen LogP contribution in [0.4, 0.5) is 5.82 Å². The quantitative estimate of drug-likeness (QED) is 0.612. The Morgan fingerprint density at radius 2 is 2.46 bits per heavy atom. The Balaban J connectivity index is 3.10. The molecule has 0 aliphatic heterocycles. The number of aromatic nitrogens is 2. The molecule has 0 fully saturated rings. The molecule has 13 heavy (non-hydrogen) atoms. The average molecular weight is 304 g/mol. The molecular weight excluding hydrogens is 299 g/mol. The fourth-order valence-electron chi connectivity index (χ4n) is 0.793. The molecule has 0 amide bonds. The van der Waals surface area contributed by atoms with Crippen molar-refractivity contribution in [2.24, 2.45) is 0 Å². The maximum absolute atomic E-state index is 8.79. The summed E-state index contributed by atoms with van der Waals surface area (Å²) in [5.74, 6) is 3.33. The van der Waals surface area contributed by atoms with Crippen molar-refractivity contribution in [1.29, 1.82) is 5.26 Å². The molecule has 4 nitrogen and oxygen atoms in total. The maximum Gasteiger partial charge on any atom is 0.166 e. The van der Waals surface area contributed by atoms with Gasteiger partial charge in [-0.25, -0.2) is 0 Å². The van der Waals surface area contributed by atoms with E-state index in [-0.39, 0.29) is 0 Å². The lowest BCUT2D eigenvalue weighted by Crippen LogP contribution is -1.90. The van der Waals surface area contributed by atoms with Crippen molar-refractivity contribution in [3.05, 3.63) is 11.3 Å². The predicted molar refractivity (Wildman–Crippen MR) is 61.3 cm³/mol. The van der Waals surface area contributed by atoms with E-state index in [2.05, 4.69) is 47.9 Å². The summed E-state index contributed by atoms with van der Waals surface area (Å²) < 4.78 is 0. The highest BCUT2D eigenvalue weighted by atomic mass is 127. The first-order chi connectivity index (χ1) is 6.33. The van der Waals surface area contributed by atoms with Crippen molar-refractivity contribution in [1.82, 2.24) is 10.2 Å². The van der Waals surface area contributed by atoms with Crippen LogP contribution in [0.25, 0.3) is 0 Å². The highest BCUT2D eigenvalue weighted by molar-refractivity contribution is 14.2. The number of nitriles is 1. The molecule has 6 heteroatoms. The lowest BCUT2D eigenvalue weighted by Gasteiger charge is -1.89. The highest BCUT2D eigenvalue weighted by Crippen LogP contribution is 2.14. The maximum atomic E-state index is 8.79. The van der Waals surface area contributed by atoms with Crippen molar-refractivity contribution in [2.75, 3.05) is 12.4 Å². The standard InChI is InChI=1S/C7H5IN4S/c1-10-7-5(4-9)6(11-12-7)2-3-13-8/h1H3,(H2,10,11,12). The Labute approximate surface area is 92.1 Å². The van der Waals surface area contributed by atoms with Crippen LogP contribution in [-0.4, -0.2) is 17.2 Å². The third-order valence-electron chi connectivity index (χ3n) is 1.33. The van der Waals surface area contributed by atoms with Gasteiger partial charge in [-0.15, -0.1) is 0 Å². The molecule has 1 rings (SSSR count). The summed E-state index contributed by atoms with van der Waals surface area (Å²) in [5.41, 5.74) is 1.01. The zero-order valence-corrected chi connectivity index (χ0v) is 9.65. The third-order valence-corrected chi connectivity index (χ3v) is 2.17. The van der Waals surface area contributed by atoms with E-state index in [1.165, 1.54) is 8.93 Å². The minimum Gasteiger partial charge on any atom is -0.371 e. The van der Waals surface area contributed by atoms with Crippen LogP contribution >= 0.6 is 30.1 Å². The minimum absolute atomic E-state index is 0.459. The van der Waals surface area contributed by atoms with Crippen LogP contribution in [0.2, 0.25) is 0 Å². The second-order valence-electron chi connectivity index (χ2n) is 1.99. The van der Waals surface area contributed by atoms with Crippen LogP contribution in [-0.2, 0) is 0 Å². The number of nitrogens with zero attached hydrogens (tertiary/aromatic N) is 2. The first kappa shape index (κ1) is 10.2. The molecule has 2 N–H and O–H groups in total. The summed E-state index contributed by atoms with van der Waals surface area (Å²) in [5, 5.41) is 20.9. The lowest BCUT2D eigenvalue weighted by molar-refractivity contribution is 1.08. The predicted octanol–water partition coefficient (Wildman–Crippen LogP) is 1.72. The van der Waals surface area contributed by atoms with Crippen LogP contribution in [0.15, 0.2) is 0 Å². The van der Waals surface area contributed by atoms with Crippen molar-refractivity contribution in [3.63, 3.8) is 0 Å². The Bertz CT molecular complexity index is 395. The van der Waals surface area contributed by atoms with Gasteiger partial charge in [0, 0.05) is 28.3 Å². The average Bonchev–Trinajstić information content (AvgIpc) is 2.56. The van der Waals surface area contributed by atoms with E-state index in [1.54, 1.807) is 7.05 Å². The van der Waals surface area contributed by atoms with Gasteiger partial charge in [0.25, 0.3) is 0 Å². The van der Waals surface area contributed by atoms with Gasteiger partial charge in [0.1, 0.15) is 17.3 Å². The van der Waals surface area contributed by atoms with Crippen molar-refractivity contribution in [3.8, 4) is 17.2 Å². The molecule has 0 saturated carbocycles. The van der Waals surface area contributed by atoms with Crippen molar-refractivity contribution >= 4 is 36.0 Å². The largest absolute Gasteiger partial charge is 0.371 e. The molecule has 0 aliphatic rings. The molecule has 66 valence electrons. The molecule has 0 spiro atoms. The van der Waals surface area contributed by atoms with Crippen molar-refractivity contribution < 1.29 is 0 Å². The molecule has 1 aromatic rings. The lowest BCUT2D eigenvalue weighted by atomic mass is 10.2. The van der Waals surface area contributed by atoms with Crippen LogP contribution < -0.4 is 5.32 Å². The second kappa shape index (κ2) is 5.00. The Morgan fingerprint density at radius 1 is 1.69 bits per heavy atom. The van der Waals surface area contributed by atoms with Gasteiger partial charge < -0.3 is 5.32 Å². The number of hydrogen-bond donors (Lipinski definition) is 2. The van der Waals surface area contributed by atoms with Gasteiger partial charge in [-0.3, -0.25) is 5.10 Å². The van der Waals surface area contributed by atoms with Crippen LogP contribution in [0.3, 0.4) is 0 Å². The number of aromatic amines is 1. The van der Waals surface area contributed by atoms with Crippen molar-refractivity contribution in [2.45, 2.75) is 0 Å². The van der Waals surface area contributed by atoms with Gasteiger partial charge in [-0.05, 0) is 20.1 Å². The Kier molecular flexibility index (Phi) is 3.93. The number of rotatable bonds is 1. The van der Waals surface area contributed by atoms with Gasteiger partial charge in [-0.1, -0.05) is 0 Å². The summed E-state index contributed by atoms with van der Waals surface area (Å²) in [6, 6.07) is 2.03. The van der Waals surface area contributed by atoms with Crippen LogP contribution in [0.1, 0.15) is 11.3 Å². The van der Waals surface area contributed by atoms with E-state index in [0.29, 0.717) is 17.1 Å². The van der Waals surface area contributed by atoms with Gasteiger partial charge in [0.05, 0.1) is 0 Å². The second-order valence-corrected chi connectivity index (χ2v) is 3.67. The molecule has 0 aromatic carbocycles. The molecule has 0 aliphatic carbocycles. The minimum atomic E-state index is 0.459. The monoisotopic (exact) mass is 304 g/mol. The third kappa shape index (κ3) is 2.29. The molecule has 0 saturated heterocycles. The molecule has 0 atom stereocenters. The number of hydrogen-bond acceptors (Lipinski definition) is 4. The normalized spacial score (nSPS) is 8.38. The van der Waals surface area contributed by atoms with Gasteiger partial charge >= 0.3 is 0 Å². The van der Waals surface area contributed by atoms with E-state index in [1.807, 2.05) is 6.07 Å². The smallest absolute Gasteiger partial charge is 0.166 e. The first-order valence-electron chi connectivity index (χ1n) is 3.28. The van der Waals surface area contributed by atoms with E-state index in [4.69, 9.17) is 5.26 Å². The summed E-state index contributed by atoms with van der Waals surface area (Å²) >= 11 is 2.06. The fourth-order valence-corrected chi connectivity index (χ4v) is 1.26. The van der Waals surface area contributed by atoms with Gasteiger partial charge in [0.15, 0.2) is 5.82 Å². The van der Waals surface area contributed by atoms with Gasteiger partial charge in [-0.2, -0.15) is 10.4 Å². The highest BCUT2D eigenvalue weighted by Gasteiger charge is 2.08. The number of H-pyrrole nitrogens is 1. The summed E-state index contributed by atoms with van der Waals surface area (Å²) in [6.07, 6.45) is 0. The fraction of sp³-hybridized carbons (Fsp3) is 0.143. The molecule has 1 heterocycles. The van der Waals surface area contributed by atoms with E-state index in [9.17, 15) is 0 Å². The van der Waals surface area contributed by atoms with Gasteiger partial charge in [0.2, 0.25) is 0 Å². The molecule has 0 unspecified atom stereocenters. The zero-order valence-electron chi connectivity index (χ0n) is 6.68. The Hall–Kier alpha value is -0.860. The molecule has 0 bridgehead atoms. The SMILES string of the molecule is CNc1n[nH]c(C#CSI)c1C#N. The Morgan fingerprint density at radius 3 is 3.00 bits per heavy atom. The number of halogens is 1. The summed E-state index contributed by atoms with van der Waals surface area (Å²) in [4.78, 5) is 0. The van der Waals surface area contributed by atoms with E-state index < -0.39 is 0 Å².